The molecule has 1 N–H and O–H groups in total. The number of rotatable bonds is 5. The Morgan fingerprint density at radius 1 is 1.05 bits per heavy atom. The monoisotopic (exact) mass is 303 g/mol. The molecule has 0 spiro atoms. The first-order valence-electron chi connectivity index (χ1n) is 7.33. The molecule has 22 heavy (non-hydrogen) atoms. The maximum Gasteiger partial charge on any atom is 0.200 e. The van der Waals surface area contributed by atoms with Gasteiger partial charge in [-0.25, -0.2) is 0 Å². The summed E-state index contributed by atoms with van der Waals surface area (Å²) in [6, 6.07) is 3.37. The van der Waals surface area contributed by atoms with Gasteiger partial charge in [0.05, 0.1) is 28.7 Å². The standard InChI is InChI=1S/C17H21NO4/c1-9(2)21-15-6-12-14(7-16(15)22-10(3)4)18-8-13(11(5)19)17(12)20/h6-10H,1-5H3,(H,18,20). The minimum Gasteiger partial charge on any atom is -0.487 e. The predicted octanol–water partition coefficient (Wildman–Crippen LogP) is 3.31. The number of ether oxygens (including phenoxy) is 2. The molecule has 0 aliphatic rings. The van der Waals surface area contributed by atoms with Crippen molar-refractivity contribution in [2.24, 2.45) is 0 Å². The van der Waals surface area contributed by atoms with Crippen LogP contribution < -0.4 is 14.9 Å². The van der Waals surface area contributed by atoms with E-state index in [4.69, 9.17) is 9.47 Å². The minimum atomic E-state index is -0.300. The zero-order valence-corrected chi connectivity index (χ0v) is 13.5. The third kappa shape index (κ3) is 3.30. The summed E-state index contributed by atoms with van der Waals surface area (Å²) in [7, 11) is 0. The number of aromatic nitrogens is 1. The van der Waals surface area contributed by atoms with Crippen molar-refractivity contribution in [2.75, 3.05) is 0 Å². The molecule has 2 rings (SSSR count). The highest BCUT2D eigenvalue weighted by molar-refractivity contribution is 5.97. The van der Waals surface area contributed by atoms with Gasteiger partial charge in [0.1, 0.15) is 0 Å². The number of H-pyrrole nitrogens is 1. The third-order valence-corrected chi connectivity index (χ3v) is 3.05. The zero-order chi connectivity index (χ0) is 16.4. The fraction of sp³-hybridized carbons (Fsp3) is 0.412. The first-order chi connectivity index (χ1) is 10.3. The lowest BCUT2D eigenvalue weighted by Crippen LogP contribution is -2.15. The van der Waals surface area contributed by atoms with Gasteiger partial charge in [-0.05, 0) is 40.7 Å². The number of hydrogen-bond acceptors (Lipinski definition) is 4. The molecule has 0 amide bonds. The SMILES string of the molecule is CC(=O)c1c[nH]c2cc(OC(C)C)c(OC(C)C)cc2c1=O. The van der Waals surface area contributed by atoms with Crippen LogP contribution in [0.5, 0.6) is 11.5 Å². The van der Waals surface area contributed by atoms with Gasteiger partial charge in [-0.3, -0.25) is 9.59 Å². The normalized spacial score (nSPS) is 11.2. The number of Topliss-reactive ketones (excluding diaryl/α,β-unsaturated/α-hetero) is 1. The van der Waals surface area contributed by atoms with E-state index in [2.05, 4.69) is 4.98 Å². The molecule has 0 aliphatic carbocycles. The second-order valence-corrected chi connectivity index (χ2v) is 5.77. The van der Waals surface area contributed by atoms with E-state index in [1.807, 2.05) is 27.7 Å². The second kappa shape index (κ2) is 6.22. The molecule has 0 radical (unpaired) electrons. The summed E-state index contributed by atoms with van der Waals surface area (Å²) in [4.78, 5) is 26.9. The molecule has 1 heterocycles. The van der Waals surface area contributed by atoms with Crippen molar-refractivity contribution in [1.29, 1.82) is 0 Å². The van der Waals surface area contributed by atoms with E-state index in [1.54, 1.807) is 12.1 Å². The van der Waals surface area contributed by atoms with Crippen LogP contribution >= 0.6 is 0 Å². The molecule has 0 saturated carbocycles. The molecule has 1 aromatic carbocycles. The quantitative estimate of drug-likeness (QED) is 0.860. The lowest BCUT2D eigenvalue weighted by atomic mass is 10.1. The van der Waals surface area contributed by atoms with Gasteiger partial charge < -0.3 is 14.5 Å². The van der Waals surface area contributed by atoms with Crippen LogP contribution in [0, 0.1) is 0 Å². The van der Waals surface area contributed by atoms with Crippen molar-refractivity contribution in [2.45, 2.75) is 46.8 Å². The van der Waals surface area contributed by atoms with Crippen LogP contribution in [0.1, 0.15) is 45.0 Å². The Morgan fingerprint density at radius 2 is 1.59 bits per heavy atom. The Balaban J connectivity index is 2.68. The van der Waals surface area contributed by atoms with Crippen LogP contribution in [-0.4, -0.2) is 23.0 Å². The van der Waals surface area contributed by atoms with Crippen molar-refractivity contribution >= 4 is 16.7 Å². The van der Waals surface area contributed by atoms with Gasteiger partial charge in [0.25, 0.3) is 0 Å². The number of carbonyl (C=O) groups is 1. The summed E-state index contributed by atoms with van der Waals surface area (Å²) in [5.74, 6) is 0.807. The summed E-state index contributed by atoms with van der Waals surface area (Å²) >= 11 is 0. The summed E-state index contributed by atoms with van der Waals surface area (Å²) in [5, 5.41) is 0.416. The molecule has 0 saturated heterocycles. The molecule has 0 bridgehead atoms. The van der Waals surface area contributed by atoms with Gasteiger partial charge in [0, 0.05) is 12.3 Å². The number of nitrogens with one attached hydrogen (secondary N) is 1. The fourth-order valence-electron chi connectivity index (χ4n) is 2.18. The van der Waals surface area contributed by atoms with Crippen molar-refractivity contribution in [3.63, 3.8) is 0 Å². The van der Waals surface area contributed by atoms with E-state index in [-0.39, 0.29) is 29.0 Å². The molecule has 5 heteroatoms. The van der Waals surface area contributed by atoms with Crippen molar-refractivity contribution in [1.82, 2.24) is 4.98 Å². The summed E-state index contributed by atoms with van der Waals surface area (Å²) in [5.41, 5.74) is 0.452. The molecule has 5 nitrogen and oxygen atoms in total. The zero-order valence-electron chi connectivity index (χ0n) is 13.5. The van der Waals surface area contributed by atoms with Crippen LogP contribution in [0.3, 0.4) is 0 Å². The van der Waals surface area contributed by atoms with Gasteiger partial charge in [-0.15, -0.1) is 0 Å². The Hall–Kier alpha value is -2.30. The average Bonchev–Trinajstić information content (AvgIpc) is 2.39. The second-order valence-electron chi connectivity index (χ2n) is 5.77. The average molecular weight is 303 g/mol. The van der Waals surface area contributed by atoms with E-state index < -0.39 is 0 Å². The third-order valence-electron chi connectivity index (χ3n) is 3.05. The molecule has 1 aromatic heterocycles. The lowest BCUT2D eigenvalue weighted by molar-refractivity contribution is 0.101. The molecule has 0 atom stereocenters. The minimum absolute atomic E-state index is 0.0184. The summed E-state index contributed by atoms with van der Waals surface area (Å²) in [6.07, 6.45) is 1.37. The van der Waals surface area contributed by atoms with Crippen molar-refractivity contribution in [3.05, 3.63) is 34.1 Å². The lowest BCUT2D eigenvalue weighted by Gasteiger charge is -2.17. The molecule has 118 valence electrons. The van der Waals surface area contributed by atoms with Crippen LogP contribution in [-0.2, 0) is 0 Å². The maximum absolute atomic E-state index is 12.4. The number of pyridine rings is 1. The molecule has 0 aliphatic heterocycles. The fourth-order valence-corrected chi connectivity index (χ4v) is 2.18. The first-order valence-corrected chi connectivity index (χ1v) is 7.33. The molecular weight excluding hydrogens is 282 g/mol. The number of ketones is 1. The number of benzene rings is 1. The largest absolute Gasteiger partial charge is 0.487 e. The topological polar surface area (TPSA) is 68.4 Å². The van der Waals surface area contributed by atoms with Gasteiger partial charge in [0.15, 0.2) is 22.7 Å². The molecular formula is C17H21NO4. The number of fused-ring (bicyclic) bond motifs is 1. The summed E-state index contributed by atoms with van der Waals surface area (Å²) < 4.78 is 11.5. The molecule has 0 unspecified atom stereocenters. The Labute approximate surface area is 129 Å². The van der Waals surface area contributed by atoms with E-state index in [0.717, 1.165) is 0 Å². The maximum atomic E-state index is 12.4. The van der Waals surface area contributed by atoms with Crippen molar-refractivity contribution in [3.8, 4) is 11.5 Å². The van der Waals surface area contributed by atoms with Crippen LogP contribution in [0.2, 0.25) is 0 Å². The van der Waals surface area contributed by atoms with Crippen LogP contribution in [0.4, 0.5) is 0 Å². The summed E-state index contributed by atoms with van der Waals surface area (Å²) in [6.45, 7) is 9.02. The van der Waals surface area contributed by atoms with E-state index in [0.29, 0.717) is 22.4 Å². The number of aromatic amines is 1. The Bertz CT molecular complexity index is 759. The first kappa shape index (κ1) is 16.1. The van der Waals surface area contributed by atoms with Crippen LogP contribution in [0.25, 0.3) is 10.9 Å². The van der Waals surface area contributed by atoms with E-state index in [9.17, 15) is 9.59 Å². The number of carbonyl (C=O) groups excluding carboxylic acids is 1. The van der Waals surface area contributed by atoms with Gasteiger partial charge in [0.2, 0.25) is 0 Å². The van der Waals surface area contributed by atoms with Gasteiger partial charge in [-0.2, -0.15) is 0 Å². The number of hydrogen-bond donors (Lipinski definition) is 1. The van der Waals surface area contributed by atoms with E-state index >= 15 is 0 Å². The van der Waals surface area contributed by atoms with E-state index in [1.165, 1.54) is 13.1 Å². The Kier molecular flexibility index (Phi) is 4.54. The molecule has 0 fully saturated rings. The smallest absolute Gasteiger partial charge is 0.200 e. The van der Waals surface area contributed by atoms with Crippen molar-refractivity contribution < 1.29 is 14.3 Å². The Morgan fingerprint density at radius 3 is 2.09 bits per heavy atom. The highest BCUT2D eigenvalue weighted by atomic mass is 16.5. The highest BCUT2D eigenvalue weighted by Crippen LogP contribution is 2.32. The van der Waals surface area contributed by atoms with Gasteiger partial charge >= 0.3 is 0 Å². The molecule has 2 aromatic rings. The van der Waals surface area contributed by atoms with Gasteiger partial charge in [-0.1, -0.05) is 0 Å². The predicted molar refractivity (Wildman–Crippen MR) is 86.1 cm³/mol. The highest BCUT2D eigenvalue weighted by Gasteiger charge is 2.15. The van der Waals surface area contributed by atoms with Crippen LogP contribution in [0.15, 0.2) is 23.1 Å².